The third-order valence-corrected chi connectivity index (χ3v) is 4.89. The average molecular weight is 269 g/mol. The SMILES string of the molecule is COCCCS(=O)C(C)C(N)c1ccc(C)cc1. The Morgan fingerprint density at radius 1 is 1.33 bits per heavy atom. The van der Waals surface area contributed by atoms with Gasteiger partial charge in [0.05, 0.1) is 5.25 Å². The van der Waals surface area contributed by atoms with Crippen molar-refractivity contribution in [3.05, 3.63) is 35.4 Å². The highest BCUT2D eigenvalue weighted by molar-refractivity contribution is 7.85. The zero-order valence-electron chi connectivity index (χ0n) is 11.4. The second kappa shape index (κ2) is 7.67. The Hall–Kier alpha value is -0.710. The minimum atomic E-state index is -0.907. The van der Waals surface area contributed by atoms with Crippen molar-refractivity contribution in [1.29, 1.82) is 0 Å². The lowest BCUT2D eigenvalue weighted by Crippen LogP contribution is -2.29. The van der Waals surface area contributed by atoms with Crippen molar-refractivity contribution in [1.82, 2.24) is 0 Å². The lowest BCUT2D eigenvalue weighted by Gasteiger charge is -2.20. The number of aryl methyl sites for hydroxylation is 1. The summed E-state index contributed by atoms with van der Waals surface area (Å²) in [5.41, 5.74) is 8.43. The van der Waals surface area contributed by atoms with Crippen molar-refractivity contribution in [2.45, 2.75) is 31.6 Å². The summed E-state index contributed by atoms with van der Waals surface area (Å²) in [6.07, 6.45) is 0.814. The molecule has 0 fully saturated rings. The highest BCUT2D eigenvalue weighted by atomic mass is 32.2. The number of hydrogen-bond acceptors (Lipinski definition) is 3. The van der Waals surface area contributed by atoms with Gasteiger partial charge in [-0.2, -0.15) is 0 Å². The third-order valence-electron chi connectivity index (χ3n) is 3.08. The Morgan fingerprint density at radius 3 is 2.50 bits per heavy atom. The molecule has 0 saturated heterocycles. The van der Waals surface area contributed by atoms with Gasteiger partial charge in [0, 0.05) is 36.3 Å². The molecule has 4 heteroatoms. The van der Waals surface area contributed by atoms with Gasteiger partial charge in [-0.3, -0.25) is 4.21 Å². The highest BCUT2D eigenvalue weighted by Gasteiger charge is 2.20. The van der Waals surface area contributed by atoms with Gasteiger partial charge in [0.15, 0.2) is 0 Å². The Balaban J connectivity index is 2.57. The Morgan fingerprint density at radius 2 is 1.94 bits per heavy atom. The number of methoxy groups -OCH3 is 1. The standard InChI is InChI=1S/C14H23NO2S/c1-11-5-7-13(8-6-11)14(15)12(2)18(16)10-4-9-17-3/h5-8,12,14H,4,9-10,15H2,1-3H3. The predicted molar refractivity (Wildman–Crippen MR) is 77.1 cm³/mol. The number of hydrogen-bond donors (Lipinski definition) is 1. The van der Waals surface area contributed by atoms with Gasteiger partial charge in [-0.05, 0) is 25.8 Å². The lowest BCUT2D eigenvalue weighted by molar-refractivity contribution is 0.200. The molecule has 18 heavy (non-hydrogen) atoms. The number of ether oxygens (including phenoxy) is 1. The lowest BCUT2D eigenvalue weighted by atomic mass is 10.0. The summed E-state index contributed by atoms with van der Waals surface area (Å²) >= 11 is 0. The van der Waals surface area contributed by atoms with Gasteiger partial charge < -0.3 is 10.5 Å². The maximum absolute atomic E-state index is 12.1. The quantitative estimate of drug-likeness (QED) is 0.772. The zero-order valence-corrected chi connectivity index (χ0v) is 12.2. The first kappa shape index (κ1) is 15.3. The number of nitrogens with two attached hydrogens (primary N) is 1. The largest absolute Gasteiger partial charge is 0.385 e. The van der Waals surface area contributed by atoms with Crippen LogP contribution >= 0.6 is 0 Å². The van der Waals surface area contributed by atoms with Gasteiger partial charge in [-0.1, -0.05) is 29.8 Å². The van der Waals surface area contributed by atoms with Gasteiger partial charge >= 0.3 is 0 Å². The van der Waals surface area contributed by atoms with E-state index in [1.165, 1.54) is 5.56 Å². The molecule has 1 rings (SSSR count). The predicted octanol–water partition coefficient (Wildman–Crippen LogP) is 2.17. The maximum Gasteiger partial charge on any atom is 0.0512 e. The van der Waals surface area contributed by atoms with Gasteiger partial charge in [-0.25, -0.2) is 0 Å². The summed E-state index contributed by atoms with van der Waals surface area (Å²) in [4.78, 5) is 0. The molecule has 3 nitrogen and oxygen atoms in total. The molecule has 2 N–H and O–H groups in total. The topological polar surface area (TPSA) is 52.3 Å². The van der Waals surface area contributed by atoms with Crippen molar-refractivity contribution in [2.75, 3.05) is 19.5 Å². The molecule has 0 aliphatic rings. The summed E-state index contributed by atoms with van der Waals surface area (Å²) in [6.45, 7) is 4.65. The molecule has 0 spiro atoms. The first-order chi connectivity index (χ1) is 8.56. The van der Waals surface area contributed by atoms with Crippen LogP contribution in [0.4, 0.5) is 0 Å². The molecule has 0 aliphatic carbocycles. The molecule has 0 saturated carbocycles. The molecular formula is C14H23NO2S. The zero-order chi connectivity index (χ0) is 13.5. The van der Waals surface area contributed by atoms with Gasteiger partial charge in [0.25, 0.3) is 0 Å². The molecule has 0 amide bonds. The molecule has 1 aromatic rings. The molecule has 102 valence electrons. The molecule has 0 aliphatic heterocycles. The smallest absolute Gasteiger partial charge is 0.0512 e. The van der Waals surface area contributed by atoms with E-state index in [1.807, 2.05) is 38.1 Å². The number of rotatable bonds is 7. The minimum Gasteiger partial charge on any atom is -0.385 e. The van der Waals surface area contributed by atoms with Gasteiger partial charge in [0.1, 0.15) is 0 Å². The molecular weight excluding hydrogens is 246 g/mol. The molecule has 0 heterocycles. The number of benzene rings is 1. The summed E-state index contributed by atoms with van der Waals surface area (Å²) in [6, 6.07) is 7.94. The Labute approximate surface area is 112 Å². The maximum atomic E-state index is 12.1. The van der Waals surface area contributed by atoms with E-state index < -0.39 is 10.8 Å². The van der Waals surface area contributed by atoms with Gasteiger partial charge in [0.2, 0.25) is 0 Å². The van der Waals surface area contributed by atoms with Crippen LogP contribution in [0.5, 0.6) is 0 Å². The van der Waals surface area contributed by atoms with E-state index in [9.17, 15) is 4.21 Å². The molecule has 0 aromatic heterocycles. The summed E-state index contributed by atoms with van der Waals surface area (Å²) in [7, 11) is 0.750. The highest BCUT2D eigenvalue weighted by Crippen LogP contribution is 2.19. The van der Waals surface area contributed by atoms with E-state index in [0.717, 1.165) is 12.0 Å². The fraction of sp³-hybridized carbons (Fsp3) is 0.571. The summed E-state index contributed by atoms with van der Waals surface area (Å²) in [5.74, 6) is 0.647. The fourth-order valence-corrected chi connectivity index (χ4v) is 3.01. The molecule has 3 unspecified atom stereocenters. The van der Waals surface area contributed by atoms with Crippen molar-refractivity contribution >= 4 is 10.8 Å². The van der Waals surface area contributed by atoms with E-state index in [4.69, 9.17) is 10.5 Å². The van der Waals surface area contributed by atoms with E-state index in [1.54, 1.807) is 7.11 Å². The normalized spacial score (nSPS) is 16.2. The van der Waals surface area contributed by atoms with E-state index in [-0.39, 0.29) is 11.3 Å². The fourth-order valence-electron chi connectivity index (χ4n) is 1.75. The van der Waals surface area contributed by atoms with Crippen molar-refractivity contribution in [3.63, 3.8) is 0 Å². The van der Waals surface area contributed by atoms with E-state index in [0.29, 0.717) is 12.4 Å². The van der Waals surface area contributed by atoms with E-state index in [2.05, 4.69) is 0 Å². The summed E-state index contributed by atoms with van der Waals surface area (Å²) < 4.78 is 17.0. The second-order valence-corrected chi connectivity index (χ2v) is 6.49. The van der Waals surface area contributed by atoms with Gasteiger partial charge in [-0.15, -0.1) is 0 Å². The monoisotopic (exact) mass is 269 g/mol. The van der Waals surface area contributed by atoms with Crippen LogP contribution in [0.3, 0.4) is 0 Å². The van der Waals surface area contributed by atoms with Crippen LogP contribution in [0.1, 0.15) is 30.5 Å². The van der Waals surface area contributed by atoms with Crippen LogP contribution in [0, 0.1) is 6.92 Å². The van der Waals surface area contributed by atoms with Crippen LogP contribution in [0.25, 0.3) is 0 Å². The van der Waals surface area contributed by atoms with Crippen LogP contribution in [0.15, 0.2) is 24.3 Å². The summed E-state index contributed by atoms with van der Waals surface area (Å²) in [5, 5.41) is -0.0374. The van der Waals surface area contributed by atoms with Crippen LogP contribution in [-0.2, 0) is 15.5 Å². The van der Waals surface area contributed by atoms with Crippen LogP contribution in [-0.4, -0.2) is 28.9 Å². The molecule has 1 aromatic carbocycles. The average Bonchev–Trinajstić information content (AvgIpc) is 2.38. The van der Waals surface area contributed by atoms with Crippen molar-refractivity contribution in [3.8, 4) is 0 Å². The first-order valence-corrected chi connectivity index (χ1v) is 7.62. The van der Waals surface area contributed by atoms with E-state index >= 15 is 0 Å². The molecule has 0 bridgehead atoms. The molecule has 0 radical (unpaired) electrons. The Bertz CT molecular complexity index is 378. The molecule has 3 atom stereocenters. The van der Waals surface area contributed by atoms with Crippen LogP contribution in [0.2, 0.25) is 0 Å². The second-order valence-electron chi connectivity index (χ2n) is 4.57. The Kier molecular flexibility index (Phi) is 6.54. The minimum absolute atomic E-state index is 0.0374. The van der Waals surface area contributed by atoms with Crippen LogP contribution < -0.4 is 5.73 Å². The third kappa shape index (κ3) is 4.52. The first-order valence-electron chi connectivity index (χ1n) is 6.24. The van der Waals surface area contributed by atoms with Crippen molar-refractivity contribution < 1.29 is 8.95 Å². The van der Waals surface area contributed by atoms with Crippen molar-refractivity contribution in [2.24, 2.45) is 5.73 Å².